The molecule has 0 amide bonds. The minimum Gasteiger partial charge on any atom is -0.399 e. The Morgan fingerprint density at radius 3 is 1.87 bits per heavy atom. The Balaban J connectivity index is 0.000000231. The fraction of sp³-hybridized carbons (Fsp3) is 0.143. The largest absolute Gasteiger partial charge is 0.482 e. The van der Waals surface area contributed by atoms with Crippen molar-refractivity contribution in [3.05, 3.63) is 59.1 Å². The van der Waals surface area contributed by atoms with Crippen molar-refractivity contribution in [1.82, 2.24) is 0 Å². The fourth-order valence-electron chi connectivity index (χ4n) is 1.45. The number of para-hydroxylation sites is 1. The van der Waals surface area contributed by atoms with Gasteiger partial charge in [-0.3, -0.25) is 5.32 Å². The van der Waals surface area contributed by atoms with E-state index < -0.39 is 18.0 Å². The lowest BCUT2D eigenvalue weighted by Gasteiger charge is -2.08. The van der Waals surface area contributed by atoms with Gasteiger partial charge in [-0.2, -0.15) is 26.3 Å². The van der Waals surface area contributed by atoms with E-state index in [1.807, 2.05) is 0 Å². The van der Waals surface area contributed by atoms with E-state index in [9.17, 15) is 26.3 Å². The maximum atomic E-state index is 12.1. The summed E-state index contributed by atoms with van der Waals surface area (Å²) in [6.45, 7) is 0. The first-order chi connectivity index (χ1) is 10.5. The number of hydrogen-bond acceptors (Lipinski definition) is 2. The molecular weight excluding hydrogens is 346 g/mol. The number of anilines is 2. The quantitative estimate of drug-likeness (QED) is 0.399. The second-order valence-corrected chi connectivity index (χ2v) is 4.63. The van der Waals surface area contributed by atoms with E-state index >= 15 is 0 Å². The first kappa shape index (κ1) is 19.0. The summed E-state index contributed by atoms with van der Waals surface area (Å²) in [4.78, 5) is 0. The standard InChI is InChI=1S/C7H5ClF3N.C7H6F3N/c8-6-2-1-4(12)3-5(6)7(9,10)11;8-7(9,10)11-6-4-2-1-3-5-6/h1-3H,12H2;1-5,11H. The summed E-state index contributed by atoms with van der Waals surface area (Å²) in [5.74, 6) is 0. The molecule has 2 nitrogen and oxygen atoms in total. The number of nitrogens with one attached hydrogen (secondary N) is 1. The zero-order valence-electron chi connectivity index (χ0n) is 11.3. The highest BCUT2D eigenvalue weighted by atomic mass is 35.5. The van der Waals surface area contributed by atoms with Gasteiger partial charge in [0.15, 0.2) is 0 Å². The van der Waals surface area contributed by atoms with Crippen LogP contribution >= 0.6 is 11.6 Å². The number of hydrogen-bond donors (Lipinski definition) is 2. The average molecular weight is 357 g/mol. The molecule has 126 valence electrons. The molecule has 0 bridgehead atoms. The molecule has 0 saturated heterocycles. The molecule has 0 aromatic heterocycles. The highest BCUT2D eigenvalue weighted by molar-refractivity contribution is 6.31. The first-order valence-electron chi connectivity index (χ1n) is 6.01. The maximum Gasteiger partial charge on any atom is 0.482 e. The van der Waals surface area contributed by atoms with Crippen LogP contribution in [-0.4, -0.2) is 6.30 Å². The van der Waals surface area contributed by atoms with Crippen LogP contribution in [0.5, 0.6) is 0 Å². The van der Waals surface area contributed by atoms with Crippen LogP contribution in [0.4, 0.5) is 37.7 Å². The Morgan fingerprint density at radius 1 is 0.870 bits per heavy atom. The molecule has 0 saturated carbocycles. The van der Waals surface area contributed by atoms with Crippen LogP contribution in [0.2, 0.25) is 5.02 Å². The van der Waals surface area contributed by atoms with Gasteiger partial charge in [0.05, 0.1) is 10.6 Å². The molecule has 9 heteroatoms. The van der Waals surface area contributed by atoms with Gasteiger partial charge in [0.2, 0.25) is 0 Å². The van der Waals surface area contributed by atoms with Crippen LogP contribution in [-0.2, 0) is 6.18 Å². The van der Waals surface area contributed by atoms with Gasteiger partial charge >= 0.3 is 12.5 Å². The zero-order valence-corrected chi connectivity index (χ0v) is 12.1. The Hall–Kier alpha value is -2.09. The van der Waals surface area contributed by atoms with Crippen molar-refractivity contribution in [2.75, 3.05) is 11.1 Å². The van der Waals surface area contributed by atoms with Crippen LogP contribution in [0.3, 0.4) is 0 Å². The number of alkyl halides is 6. The average Bonchev–Trinajstić information content (AvgIpc) is 2.40. The molecule has 23 heavy (non-hydrogen) atoms. The van der Waals surface area contributed by atoms with Gasteiger partial charge in [0.1, 0.15) is 0 Å². The molecule has 0 aliphatic carbocycles. The molecule has 2 rings (SSSR count). The van der Waals surface area contributed by atoms with Crippen LogP contribution in [0.1, 0.15) is 5.56 Å². The number of nitrogen functional groups attached to an aromatic ring is 1. The van der Waals surface area contributed by atoms with Gasteiger partial charge < -0.3 is 5.73 Å². The first-order valence-corrected chi connectivity index (χ1v) is 6.39. The molecule has 0 atom stereocenters. The lowest BCUT2D eigenvalue weighted by Crippen LogP contribution is -2.20. The van der Waals surface area contributed by atoms with Crippen molar-refractivity contribution in [3.63, 3.8) is 0 Å². The molecule has 3 N–H and O–H groups in total. The summed E-state index contributed by atoms with van der Waals surface area (Å²) < 4.78 is 71.2. The summed E-state index contributed by atoms with van der Waals surface area (Å²) in [6.07, 6.45) is -8.78. The third-order valence-electron chi connectivity index (χ3n) is 2.36. The highest BCUT2D eigenvalue weighted by Crippen LogP contribution is 2.35. The molecule has 0 spiro atoms. The monoisotopic (exact) mass is 356 g/mol. The summed E-state index contributed by atoms with van der Waals surface area (Å²) in [6, 6.07) is 10.7. The number of rotatable bonds is 1. The Bertz CT molecular complexity index is 625. The number of benzene rings is 2. The van der Waals surface area contributed by atoms with Crippen LogP contribution in [0.25, 0.3) is 0 Å². The molecule has 0 unspecified atom stereocenters. The third kappa shape index (κ3) is 7.14. The van der Waals surface area contributed by atoms with Crippen molar-refractivity contribution < 1.29 is 26.3 Å². The predicted molar refractivity (Wildman–Crippen MR) is 77.0 cm³/mol. The number of halogens is 7. The van der Waals surface area contributed by atoms with Crippen LogP contribution in [0, 0.1) is 0 Å². The van der Waals surface area contributed by atoms with E-state index in [-0.39, 0.29) is 16.4 Å². The molecule has 0 aliphatic heterocycles. The van der Waals surface area contributed by atoms with Gasteiger partial charge in [-0.15, -0.1) is 0 Å². The van der Waals surface area contributed by atoms with E-state index in [0.717, 1.165) is 12.1 Å². The molecule has 0 fully saturated rings. The highest BCUT2D eigenvalue weighted by Gasteiger charge is 2.33. The smallest absolute Gasteiger partial charge is 0.399 e. The maximum absolute atomic E-state index is 12.1. The van der Waals surface area contributed by atoms with Crippen molar-refractivity contribution in [1.29, 1.82) is 0 Å². The molecule has 2 aromatic carbocycles. The Kier molecular flexibility index (Phi) is 6.14. The van der Waals surface area contributed by atoms with Crippen LogP contribution in [0.15, 0.2) is 48.5 Å². The van der Waals surface area contributed by atoms with Crippen molar-refractivity contribution in [2.24, 2.45) is 0 Å². The second-order valence-electron chi connectivity index (χ2n) is 4.23. The summed E-state index contributed by atoms with van der Waals surface area (Å²) in [5.41, 5.74) is 4.37. The fourth-order valence-corrected chi connectivity index (χ4v) is 1.67. The molecular formula is C14H11ClF6N2. The van der Waals surface area contributed by atoms with Gasteiger partial charge in [0.25, 0.3) is 0 Å². The van der Waals surface area contributed by atoms with Gasteiger partial charge in [0, 0.05) is 11.4 Å². The lowest BCUT2D eigenvalue weighted by atomic mass is 10.2. The second kappa shape index (κ2) is 7.45. The Labute approximate surface area is 132 Å². The minimum absolute atomic E-state index is 0.0479. The predicted octanol–water partition coefficient (Wildman–Crippen LogP) is 5.56. The zero-order chi connectivity index (χ0) is 17.7. The summed E-state index contributed by atoms with van der Waals surface area (Å²) in [7, 11) is 0. The van der Waals surface area contributed by atoms with Gasteiger partial charge in [-0.05, 0) is 30.3 Å². The molecule has 0 aliphatic rings. The van der Waals surface area contributed by atoms with Crippen molar-refractivity contribution in [3.8, 4) is 0 Å². The minimum atomic E-state index is -4.44. The van der Waals surface area contributed by atoms with Crippen molar-refractivity contribution in [2.45, 2.75) is 12.5 Å². The van der Waals surface area contributed by atoms with Gasteiger partial charge in [-0.1, -0.05) is 29.8 Å². The molecule has 0 radical (unpaired) electrons. The number of nitrogens with two attached hydrogens (primary N) is 1. The molecule has 0 heterocycles. The topological polar surface area (TPSA) is 38.0 Å². The third-order valence-corrected chi connectivity index (χ3v) is 2.69. The molecule has 2 aromatic rings. The van der Waals surface area contributed by atoms with E-state index in [4.69, 9.17) is 17.3 Å². The van der Waals surface area contributed by atoms with Gasteiger partial charge in [-0.25, -0.2) is 0 Å². The normalized spacial score (nSPS) is 11.4. The summed E-state index contributed by atoms with van der Waals surface area (Å²) in [5, 5.41) is 1.04. The summed E-state index contributed by atoms with van der Waals surface area (Å²) >= 11 is 5.31. The van der Waals surface area contributed by atoms with E-state index in [1.54, 1.807) is 6.07 Å². The SMILES string of the molecule is FC(F)(F)Nc1ccccc1.Nc1ccc(Cl)c(C(F)(F)F)c1. The lowest BCUT2D eigenvalue weighted by molar-refractivity contribution is -0.137. The van der Waals surface area contributed by atoms with Crippen LogP contribution < -0.4 is 11.1 Å². The van der Waals surface area contributed by atoms with E-state index in [2.05, 4.69) is 0 Å². The van der Waals surface area contributed by atoms with E-state index in [1.165, 1.54) is 35.6 Å². The van der Waals surface area contributed by atoms with E-state index in [0.29, 0.717) is 0 Å². The van der Waals surface area contributed by atoms with Crippen molar-refractivity contribution >= 4 is 23.0 Å². The Morgan fingerprint density at radius 2 is 1.43 bits per heavy atom.